The summed E-state index contributed by atoms with van der Waals surface area (Å²) < 4.78 is 5.77. The first-order valence-corrected chi connectivity index (χ1v) is 22.9. The van der Waals surface area contributed by atoms with E-state index in [1.54, 1.807) is 0 Å². The second-order valence-electron chi connectivity index (χ2n) is 9.84. The molecule has 4 aromatic rings. The van der Waals surface area contributed by atoms with Gasteiger partial charge in [-0.25, -0.2) is 0 Å². The van der Waals surface area contributed by atoms with Gasteiger partial charge < -0.3 is 0 Å². The van der Waals surface area contributed by atoms with Crippen molar-refractivity contribution in [3.63, 3.8) is 0 Å². The van der Waals surface area contributed by atoms with Crippen LogP contribution in [0.4, 0.5) is 0 Å². The first-order valence-electron chi connectivity index (χ1n) is 14.6. The topological polar surface area (TPSA) is 0 Å². The van der Waals surface area contributed by atoms with Gasteiger partial charge in [0.25, 0.3) is 0 Å². The standard InChI is InChI=1S/C38H36Se4/c1-5-17-31(18-6-1)35-29-36(32-19-7-2-8-20-32)40-26-15-16-28-42-38(34-23-11-4-12-24-34)30-37(33-21-9-3-10-22-33)41-27-14-13-25-39-35/h1-12,17-24H,13-16,25-28H2. The molecule has 0 radical (unpaired) electrons. The zero-order valence-electron chi connectivity index (χ0n) is 23.8. The minimum absolute atomic E-state index is 0.414. The normalized spacial score (nSPS) is 16.2. The van der Waals surface area contributed by atoms with Gasteiger partial charge in [0, 0.05) is 0 Å². The van der Waals surface area contributed by atoms with E-state index in [-0.39, 0.29) is 0 Å². The molecule has 0 nitrogen and oxygen atoms in total. The molecular weight excluding hydrogens is 772 g/mol. The Balaban J connectivity index is 1.43. The monoisotopic (exact) mass is 812 g/mol. The van der Waals surface area contributed by atoms with E-state index >= 15 is 0 Å². The zero-order chi connectivity index (χ0) is 28.7. The molecule has 0 atom stereocenters. The predicted molar refractivity (Wildman–Crippen MR) is 187 cm³/mol. The molecule has 1 heterocycles. The molecule has 0 saturated carbocycles. The molecule has 0 spiro atoms. The van der Waals surface area contributed by atoms with Crippen LogP contribution in [0.15, 0.2) is 133 Å². The summed E-state index contributed by atoms with van der Waals surface area (Å²) >= 11 is 1.65. The Morgan fingerprint density at radius 3 is 0.738 bits per heavy atom. The Labute approximate surface area is 277 Å². The molecule has 0 N–H and O–H groups in total. The third-order valence-electron chi connectivity index (χ3n) is 6.66. The molecular formula is C38H36Se4. The van der Waals surface area contributed by atoms with Crippen LogP contribution >= 0.6 is 0 Å². The van der Waals surface area contributed by atoms with Gasteiger partial charge in [-0.1, -0.05) is 0 Å². The number of rotatable bonds is 4. The minimum atomic E-state index is 0.414. The van der Waals surface area contributed by atoms with Gasteiger partial charge in [0.2, 0.25) is 0 Å². The maximum atomic E-state index is 4.03. The fraction of sp³-hybridized carbons (Fsp3) is 0.211. The second kappa shape index (κ2) is 18.0. The number of hydrogen-bond donors (Lipinski definition) is 0. The van der Waals surface area contributed by atoms with Crippen LogP contribution in [0.25, 0.3) is 17.9 Å². The van der Waals surface area contributed by atoms with E-state index in [1.165, 1.54) is 87.1 Å². The molecule has 1 aliphatic heterocycles. The van der Waals surface area contributed by atoms with Crippen molar-refractivity contribution in [2.45, 2.75) is 47.0 Å². The van der Waals surface area contributed by atoms with Crippen LogP contribution in [0.1, 0.15) is 47.9 Å². The summed E-state index contributed by atoms with van der Waals surface area (Å²) in [7, 11) is 0. The molecule has 0 aliphatic carbocycles. The number of hydrogen-bond acceptors (Lipinski definition) is 0. The average molecular weight is 809 g/mol. The summed E-state index contributed by atoms with van der Waals surface area (Å²) in [5.74, 6) is 0. The molecule has 0 fully saturated rings. The molecule has 212 valence electrons. The fourth-order valence-corrected chi connectivity index (χ4v) is 13.7. The zero-order valence-corrected chi connectivity index (χ0v) is 30.7. The van der Waals surface area contributed by atoms with Crippen molar-refractivity contribution in [1.82, 2.24) is 0 Å². The Bertz CT molecular complexity index is 1280. The van der Waals surface area contributed by atoms with Gasteiger partial charge in [0.1, 0.15) is 0 Å². The van der Waals surface area contributed by atoms with Gasteiger partial charge in [-0.15, -0.1) is 0 Å². The average Bonchev–Trinajstić information content (AvgIpc) is 3.06. The van der Waals surface area contributed by atoms with Crippen LogP contribution in [-0.2, 0) is 0 Å². The predicted octanol–water partition coefficient (Wildman–Crippen LogP) is 9.41. The quantitative estimate of drug-likeness (QED) is 0.143. The Morgan fingerprint density at radius 1 is 0.310 bits per heavy atom. The first kappa shape index (κ1) is 31.4. The van der Waals surface area contributed by atoms with Gasteiger partial charge >= 0.3 is 280 Å². The van der Waals surface area contributed by atoms with Crippen molar-refractivity contribution >= 4 is 77.7 Å². The van der Waals surface area contributed by atoms with Crippen LogP contribution < -0.4 is 0 Å². The Morgan fingerprint density at radius 2 is 0.524 bits per heavy atom. The molecule has 0 bridgehead atoms. The summed E-state index contributed by atoms with van der Waals surface area (Å²) in [5, 5.41) is 5.09. The molecule has 5 rings (SSSR count). The summed E-state index contributed by atoms with van der Waals surface area (Å²) in [6.45, 7) is 0. The fourth-order valence-electron chi connectivity index (χ4n) is 4.44. The van der Waals surface area contributed by atoms with Crippen molar-refractivity contribution < 1.29 is 0 Å². The third kappa shape index (κ3) is 10.0. The Hall–Kier alpha value is -2.00. The van der Waals surface area contributed by atoms with E-state index in [9.17, 15) is 0 Å². The molecule has 4 heteroatoms. The van der Waals surface area contributed by atoms with E-state index in [0.29, 0.717) is 59.8 Å². The molecule has 1 aliphatic rings. The molecule has 0 saturated heterocycles. The van der Waals surface area contributed by atoms with Crippen molar-refractivity contribution in [2.24, 2.45) is 0 Å². The van der Waals surface area contributed by atoms with Crippen molar-refractivity contribution in [2.75, 3.05) is 0 Å². The summed E-state index contributed by atoms with van der Waals surface area (Å²) in [6.07, 6.45) is 5.14. The van der Waals surface area contributed by atoms with Crippen molar-refractivity contribution in [3.8, 4) is 0 Å². The SMILES string of the molecule is C1=C(c2ccccc2)[Se]CCCC[Se]C(c2ccccc2)=C=C(c2ccccc2)[Se]CCCC[Se]C=1c1ccccc1. The van der Waals surface area contributed by atoms with E-state index in [2.05, 4.69) is 133 Å². The molecule has 0 amide bonds. The number of benzene rings is 4. The van der Waals surface area contributed by atoms with Gasteiger partial charge in [-0.2, -0.15) is 0 Å². The van der Waals surface area contributed by atoms with Crippen LogP contribution in [0.5, 0.6) is 0 Å². The van der Waals surface area contributed by atoms with E-state index in [0.717, 1.165) is 0 Å². The van der Waals surface area contributed by atoms with E-state index in [4.69, 9.17) is 0 Å². The summed E-state index contributed by atoms with van der Waals surface area (Å²) in [4.78, 5) is 0. The summed E-state index contributed by atoms with van der Waals surface area (Å²) in [5.41, 5.74) is 13.5. The Kier molecular flexibility index (Phi) is 13.4. The second-order valence-corrected chi connectivity index (χ2v) is 19.1. The van der Waals surface area contributed by atoms with Crippen LogP contribution in [0, 0.1) is 0 Å². The molecule has 42 heavy (non-hydrogen) atoms. The molecule has 4 aromatic carbocycles. The van der Waals surface area contributed by atoms with Gasteiger partial charge in [-0.05, 0) is 0 Å². The first-order chi connectivity index (χ1) is 20.9. The maximum absolute atomic E-state index is 4.03. The van der Waals surface area contributed by atoms with E-state index < -0.39 is 0 Å². The molecule has 0 unspecified atom stereocenters. The molecule has 0 aromatic heterocycles. The van der Waals surface area contributed by atoms with E-state index in [1.807, 2.05) is 0 Å². The van der Waals surface area contributed by atoms with Crippen LogP contribution in [0.2, 0.25) is 21.3 Å². The van der Waals surface area contributed by atoms with Gasteiger partial charge in [0.05, 0.1) is 0 Å². The van der Waals surface area contributed by atoms with Crippen LogP contribution in [0.3, 0.4) is 0 Å². The van der Waals surface area contributed by atoms with Crippen molar-refractivity contribution in [1.29, 1.82) is 0 Å². The van der Waals surface area contributed by atoms with Gasteiger partial charge in [-0.3, -0.25) is 0 Å². The summed E-state index contributed by atoms with van der Waals surface area (Å²) in [6, 6.07) is 44.2. The van der Waals surface area contributed by atoms with Crippen LogP contribution in [-0.4, -0.2) is 59.8 Å². The van der Waals surface area contributed by atoms with Crippen molar-refractivity contribution in [3.05, 3.63) is 155 Å². The third-order valence-corrected chi connectivity index (χ3v) is 16.1. The van der Waals surface area contributed by atoms with Gasteiger partial charge in [0.15, 0.2) is 0 Å².